The Labute approximate surface area is 101 Å². The Balaban J connectivity index is 2.66. The fourth-order valence-electron chi connectivity index (χ4n) is 1.74. The van der Waals surface area contributed by atoms with Crippen molar-refractivity contribution in [3.05, 3.63) is 29.6 Å². The summed E-state index contributed by atoms with van der Waals surface area (Å²) in [5, 5.41) is 0. The Bertz CT molecular complexity index is 374. The summed E-state index contributed by atoms with van der Waals surface area (Å²) in [5.41, 5.74) is 5.79. The Morgan fingerprint density at radius 1 is 1.41 bits per heavy atom. The van der Waals surface area contributed by atoms with Crippen LogP contribution in [0, 0.1) is 5.82 Å². The summed E-state index contributed by atoms with van der Waals surface area (Å²) in [6.07, 6.45) is -0.648. The lowest BCUT2D eigenvalue weighted by molar-refractivity contribution is 0.260. The van der Waals surface area contributed by atoms with Gasteiger partial charge < -0.3 is 10.5 Å². The summed E-state index contributed by atoms with van der Waals surface area (Å²) in [4.78, 5) is 0. The third-order valence-electron chi connectivity index (χ3n) is 2.42. The number of alkyl halides is 1. The van der Waals surface area contributed by atoms with Crippen molar-refractivity contribution in [2.75, 3.05) is 7.11 Å². The van der Waals surface area contributed by atoms with Crippen LogP contribution < -0.4 is 10.5 Å². The molecule has 1 rings (SSSR count). The molecule has 0 amide bonds. The van der Waals surface area contributed by atoms with E-state index in [0.29, 0.717) is 5.56 Å². The molecule has 0 aliphatic rings. The van der Waals surface area contributed by atoms with Gasteiger partial charge in [0.05, 0.1) is 7.11 Å². The minimum absolute atomic E-state index is 0.168. The molecule has 2 nitrogen and oxygen atoms in total. The molecule has 0 heterocycles. The van der Waals surface area contributed by atoms with Crippen LogP contribution in [0.2, 0.25) is 0 Å². The minimum atomic E-state index is -1.07. The number of benzene rings is 1. The Morgan fingerprint density at radius 2 is 2.06 bits per heavy atom. The lowest BCUT2D eigenvalue weighted by atomic mass is 9.95. The van der Waals surface area contributed by atoms with Gasteiger partial charge in [-0.25, -0.2) is 8.78 Å². The standard InChI is InChI=1S/C13H19F2NO/c1-13(2,16)8-10(14)6-9-4-5-12(17-3)11(15)7-9/h4-5,7,10H,6,8,16H2,1-3H3. The highest BCUT2D eigenvalue weighted by molar-refractivity contribution is 5.29. The van der Waals surface area contributed by atoms with Crippen molar-refractivity contribution in [3.63, 3.8) is 0 Å². The maximum Gasteiger partial charge on any atom is 0.165 e. The van der Waals surface area contributed by atoms with Gasteiger partial charge in [-0.05, 0) is 38.0 Å². The van der Waals surface area contributed by atoms with Crippen LogP contribution >= 0.6 is 0 Å². The van der Waals surface area contributed by atoms with E-state index in [0.717, 1.165) is 0 Å². The van der Waals surface area contributed by atoms with Crippen LogP contribution in [0.3, 0.4) is 0 Å². The monoisotopic (exact) mass is 243 g/mol. The molecule has 1 unspecified atom stereocenters. The summed E-state index contributed by atoms with van der Waals surface area (Å²) >= 11 is 0. The zero-order valence-corrected chi connectivity index (χ0v) is 10.5. The molecule has 0 radical (unpaired) electrons. The largest absolute Gasteiger partial charge is 0.494 e. The van der Waals surface area contributed by atoms with Crippen LogP contribution in [0.4, 0.5) is 8.78 Å². The first-order chi connectivity index (χ1) is 7.81. The van der Waals surface area contributed by atoms with E-state index in [-0.39, 0.29) is 18.6 Å². The lowest BCUT2D eigenvalue weighted by Gasteiger charge is -2.21. The predicted molar refractivity (Wildman–Crippen MR) is 64.4 cm³/mol. The zero-order valence-electron chi connectivity index (χ0n) is 10.5. The van der Waals surface area contributed by atoms with E-state index in [4.69, 9.17) is 10.5 Å². The van der Waals surface area contributed by atoms with Crippen molar-refractivity contribution in [2.45, 2.75) is 38.4 Å². The van der Waals surface area contributed by atoms with Crippen molar-refractivity contribution in [1.82, 2.24) is 0 Å². The number of rotatable bonds is 5. The van der Waals surface area contributed by atoms with Crippen molar-refractivity contribution >= 4 is 0 Å². The average molecular weight is 243 g/mol. The summed E-state index contributed by atoms with van der Waals surface area (Å²) in [5.74, 6) is -0.299. The number of hydrogen-bond acceptors (Lipinski definition) is 2. The van der Waals surface area contributed by atoms with Crippen molar-refractivity contribution < 1.29 is 13.5 Å². The molecule has 1 aromatic carbocycles. The number of nitrogens with two attached hydrogens (primary N) is 1. The van der Waals surface area contributed by atoms with Crippen LogP contribution in [-0.2, 0) is 6.42 Å². The van der Waals surface area contributed by atoms with Crippen LogP contribution in [0.5, 0.6) is 5.75 Å². The van der Waals surface area contributed by atoms with E-state index in [9.17, 15) is 8.78 Å². The quantitative estimate of drug-likeness (QED) is 0.863. The van der Waals surface area contributed by atoms with E-state index in [1.807, 2.05) is 0 Å². The van der Waals surface area contributed by atoms with Gasteiger partial charge in [-0.2, -0.15) is 0 Å². The molecular weight excluding hydrogens is 224 g/mol. The molecule has 0 saturated carbocycles. The molecule has 0 aliphatic carbocycles. The third-order valence-corrected chi connectivity index (χ3v) is 2.42. The predicted octanol–water partition coefficient (Wildman–Crippen LogP) is 2.84. The fraction of sp³-hybridized carbons (Fsp3) is 0.538. The summed E-state index contributed by atoms with van der Waals surface area (Å²) in [6, 6.07) is 4.47. The second-order valence-corrected chi connectivity index (χ2v) is 4.96. The molecule has 1 atom stereocenters. The molecule has 4 heteroatoms. The number of hydrogen-bond donors (Lipinski definition) is 1. The van der Waals surface area contributed by atoms with Gasteiger partial charge in [0, 0.05) is 12.0 Å². The molecule has 0 saturated heterocycles. The normalized spacial score (nSPS) is 13.5. The lowest BCUT2D eigenvalue weighted by Crippen LogP contribution is -2.35. The van der Waals surface area contributed by atoms with Gasteiger partial charge in [0.1, 0.15) is 6.17 Å². The highest BCUT2D eigenvalue weighted by Gasteiger charge is 2.19. The van der Waals surface area contributed by atoms with Gasteiger partial charge in [0.25, 0.3) is 0 Å². The molecular formula is C13H19F2NO. The van der Waals surface area contributed by atoms with Crippen LogP contribution in [0.15, 0.2) is 18.2 Å². The number of methoxy groups -OCH3 is 1. The van der Waals surface area contributed by atoms with E-state index in [1.54, 1.807) is 19.9 Å². The molecule has 0 fully saturated rings. The second-order valence-electron chi connectivity index (χ2n) is 4.96. The molecule has 96 valence electrons. The van der Waals surface area contributed by atoms with E-state index in [2.05, 4.69) is 0 Å². The zero-order chi connectivity index (χ0) is 13.1. The molecule has 0 spiro atoms. The highest BCUT2D eigenvalue weighted by atomic mass is 19.1. The number of halogens is 2. The van der Waals surface area contributed by atoms with Crippen LogP contribution in [0.25, 0.3) is 0 Å². The first-order valence-electron chi connectivity index (χ1n) is 5.57. The summed E-state index contributed by atoms with van der Waals surface area (Å²) in [7, 11) is 1.40. The second kappa shape index (κ2) is 5.45. The first kappa shape index (κ1) is 13.9. The van der Waals surface area contributed by atoms with Gasteiger partial charge in [0.2, 0.25) is 0 Å². The topological polar surface area (TPSA) is 35.2 Å². The highest BCUT2D eigenvalue weighted by Crippen LogP contribution is 2.21. The first-order valence-corrected chi connectivity index (χ1v) is 5.57. The van der Waals surface area contributed by atoms with Gasteiger partial charge in [-0.3, -0.25) is 0 Å². The smallest absolute Gasteiger partial charge is 0.165 e. The van der Waals surface area contributed by atoms with Gasteiger partial charge >= 0.3 is 0 Å². The molecule has 0 aromatic heterocycles. The maximum absolute atomic E-state index is 13.7. The average Bonchev–Trinajstić information content (AvgIpc) is 2.14. The van der Waals surface area contributed by atoms with Crippen molar-refractivity contribution in [3.8, 4) is 5.75 Å². The Kier molecular flexibility index (Phi) is 4.46. The van der Waals surface area contributed by atoms with Crippen molar-refractivity contribution in [2.24, 2.45) is 5.73 Å². The summed E-state index contributed by atoms with van der Waals surface area (Å²) in [6.45, 7) is 3.54. The van der Waals surface area contributed by atoms with Gasteiger partial charge in [0.15, 0.2) is 11.6 Å². The van der Waals surface area contributed by atoms with Gasteiger partial charge in [-0.1, -0.05) is 6.07 Å². The minimum Gasteiger partial charge on any atom is -0.494 e. The fourth-order valence-corrected chi connectivity index (χ4v) is 1.74. The van der Waals surface area contributed by atoms with E-state index in [1.165, 1.54) is 19.2 Å². The summed E-state index contributed by atoms with van der Waals surface area (Å²) < 4.78 is 31.8. The molecule has 0 aliphatic heterocycles. The molecule has 1 aromatic rings. The third kappa shape index (κ3) is 4.69. The van der Waals surface area contributed by atoms with Crippen molar-refractivity contribution in [1.29, 1.82) is 0 Å². The van der Waals surface area contributed by atoms with Gasteiger partial charge in [-0.15, -0.1) is 0 Å². The van der Waals surface area contributed by atoms with Crippen LogP contribution in [0.1, 0.15) is 25.8 Å². The maximum atomic E-state index is 13.7. The molecule has 0 bridgehead atoms. The Morgan fingerprint density at radius 3 is 2.53 bits per heavy atom. The van der Waals surface area contributed by atoms with E-state index < -0.39 is 17.5 Å². The SMILES string of the molecule is COc1ccc(CC(F)CC(C)(C)N)cc1F. The van der Waals surface area contributed by atoms with Crippen LogP contribution in [-0.4, -0.2) is 18.8 Å². The molecule has 17 heavy (non-hydrogen) atoms. The molecule has 2 N–H and O–H groups in total. The Hall–Kier alpha value is -1.16. The van der Waals surface area contributed by atoms with E-state index >= 15 is 0 Å². The number of ether oxygens (including phenoxy) is 1.